The molecule has 1 fully saturated rings. The number of aromatic nitrogens is 4. The van der Waals surface area contributed by atoms with E-state index in [1.54, 1.807) is 10.7 Å². The van der Waals surface area contributed by atoms with Crippen molar-refractivity contribution < 1.29 is 9.90 Å². The van der Waals surface area contributed by atoms with Gasteiger partial charge in [-0.1, -0.05) is 24.3 Å². The van der Waals surface area contributed by atoms with E-state index in [2.05, 4.69) is 44.2 Å². The number of allylic oxidation sites excluding steroid dienone is 4. The van der Waals surface area contributed by atoms with Crippen LogP contribution in [0.5, 0.6) is 0 Å². The summed E-state index contributed by atoms with van der Waals surface area (Å²) in [5, 5.41) is 13.7. The number of carboxylic acid groups (broad SMARTS) is 1. The number of carboxylic acids is 1. The highest BCUT2D eigenvalue weighted by atomic mass is 79.9. The molecule has 1 saturated carbocycles. The first-order valence-electron chi connectivity index (χ1n) is 10.4. The number of nitrogen functional groups attached to an aromatic ring is 1. The van der Waals surface area contributed by atoms with E-state index in [0.29, 0.717) is 24.3 Å². The van der Waals surface area contributed by atoms with Crippen molar-refractivity contribution in [3.8, 4) is 11.1 Å². The summed E-state index contributed by atoms with van der Waals surface area (Å²) < 4.78 is 2.38. The minimum Gasteiger partial charge on any atom is -0.481 e. The predicted molar refractivity (Wildman–Crippen MR) is 122 cm³/mol. The van der Waals surface area contributed by atoms with Crippen LogP contribution < -0.4 is 5.73 Å². The van der Waals surface area contributed by atoms with Crippen LogP contribution in [0.25, 0.3) is 22.3 Å². The van der Waals surface area contributed by atoms with Gasteiger partial charge < -0.3 is 10.8 Å². The summed E-state index contributed by atoms with van der Waals surface area (Å²) in [7, 11) is 0. The summed E-state index contributed by atoms with van der Waals surface area (Å²) in [5.41, 5.74) is 11.8. The van der Waals surface area contributed by atoms with E-state index in [0.717, 1.165) is 51.8 Å². The Labute approximate surface area is 187 Å². The Morgan fingerprint density at radius 1 is 1.19 bits per heavy atom. The molecule has 0 radical (unpaired) electrons. The van der Waals surface area contributed by atoms with E-state index >= 15 is 0 Å². The van der Waals surface area contributed by atoms with Crippen LogP contribution in [-0.4, -0.2) is 30.7 Å². The van der Waals surface area contributed by atoms with Crippen molar-refractivity contribution in [2.24, 2.45) is 5.92 Å². The Balaban J connectivity index is 1.51. The third-order valence-corrected chi connectivity index (χ3v) is 7.07. The molecule has 0 bridgehead atoms. The average Bonchev–Trinajstić information content (AvgIpc) is 3.47. The molecule has 0 saturated heterocycles. The molecular formula is C23H22BrN5O2. The third kappa shape index (κ3) is 3.54. The Morgan fingerprint density at radius 2 is 2.00 bits per heavy atom. The summed E-state index contributed by atoms with van der Waals surface area (Å²) in [6, 6.07) is 4.04. The summed E-state index contributed by atoms with van der Waals surface area (Å²) in [6.45, 7) is 0. The summed E-state index contributed by atoms with van der Waals surface area (Å²) in [6.07, 6.45) is 13.8. The Hall–Kier alpha value is -3.00. The number of aliphatic carboxylic acids is 1. The first kappa shape index (κ1) is 19.9. The van der Waals surface area contributed by atoms with Gasteiger partial charge >= 0.3 is 5.97 Å². The molecule has 8 heteroatoms. The van der Waals surface area contributed by atoms with Crippen LogP contribution in [-0.2, 0) is 4.79 Å². The van der Waals surface area contributed by atoms with E-state index in [9.17, 15) is 9.90 Å². The first-order valence-corrected chi connectivity index (χ1v) is 11.2. The van der Waals surface area contributed by atoms with E-state index in [4.69, 9.17) is 10.7 Å². The number of carbonyl (C=O) groups is 1. The monoisotopic (exact) mass is 479 g/mol. The summed E-state index contributed by atoms with van der Waals surface area (Å²) in [5.74, 6) is -0.312. The molecule has 0 amide bonds. The van der Waals surface area contributed by atoms with Crippen LogP contribution in [0.1, 0.15) is 49.4 Å². The van der Waals surface area contributed by atoms with Crippen LogP contribution in [0.15, 0.2) is 47.2 Å². The number of nitrogens with two attached hydrogens (primary N) is 1. The zero-order valence-corrected chi connectivity index (χ0v) is 18.4. The van der Waals surface area contributed by atoms with Gasteiger partial charge in [-0.15, -0.1) is 0 Å². The molecule has 0 aromatic carbocycles. The molecule has 7 nitrogen and oxygen atoms in total. The van der Waals surface area contributed by atoms with Crippen LogP contribution in [0.3, 0.4) is 0 Å². The molecule has 3 heterocycles. The highest BCUT2D eigenvalue weighted by Gasteiger charge is 2.30. The van der Waals surface area contributed by atoms with Crippen molar-refractivity contribution in [3.05, 3.63) is 58.6 Å². The van der Waals surface area contributed by atoms with Crippen LogP contribution in [0, 0.1) is 5.92 Å². The van der Waals surface area contributed by atoms with E-state index in [1.165, 1.54) is 0 Å². The number of anilines is 1. The highest BCUT2D eigenvalue weighted by Crippen LogP contribution is 2.40. The smallest absolute Gasteiger partial charge is 0.306 e. The van der Waals surface area contributed by atoms with E-state index in [1.807, 2.05) is 18.3 Å². The lowest BCUT2D eigenvalue weighted by molar-refractivity contribution is -0.142. The number of halogens is 1. The number of hydrogen-bond acceptors (Lipinski definition) is 5. The molecule has 5 rings (SSSR count). The number of pyridine rings is 1. The van der Waals surface area contributed by atoms with Crippen LogP contribution in [0.2, 0.25) is 0 Å². The topological polar surface area (TPSA) is 106 Å². The van der Waals surface area contributed by atoms with E-state index < -0.39 is 5.97 Å². The lowest BCUT2D eigenvalue weighted by Crippen LogP contribution is -2.21. The fraction of sp³-hybridized carbons (Fsp3) is 0.304. The first-order chi connectivity index (χ1) is 15.0. The van der Waals surface area contributed by atoms with Gasteiger partial charge in [-0.2, -0.15) is 9.61 Å². The quantitative estimate of drug-likeness (QED) is 0.554. The standard InChI is InChI=1S/C23H22BrN5O2/c24-19-20(14-5-7-15(8-6-14)23(30)31)28-22-17(12-27-29(22)21(19)25)16-9-10-18(26-11-16)13-3-1-2-4-13/h1,3-4,9-12,14-15H,2,5-8,25H2,(H,30,31). The number of fused-ring (bicyclic) bond motifs is 1. The molecule has 2 aliphatic rings. The molecular weight excluding hydrogens is 458 g/mol. The van der Waals surface area contributed by atoms with Gasteiger partial charge in [0.25, 0.3) is 0 Å². The maximum absolute atomic E-state index is 11.3. The molecule has 0 spiro atoms. The second-order valence-electron chi connectivity index (χ2n) is 8.11. The number of hydrogen-bond donors (Lipinski definition) is 2. The lowest BCUT2D eigenvalue weighted by Gasteiger charge is -2.26. The zero-order valence-electron chi connectivity index (χ0n) is 16.8. The van der Waals surface area contributed by atoms with Gasteiger partial charge in [0.15, 0.2) is 5.65 Å². The van der Waals surface area contributed by atoms with Crippen molar-refractivity contribution in [2.75, 3.05) is 5.73 Å². The summed E-state index contributed by atoms with van der Waals surface area (Å²) >= 11 is 3.60. The maximum Gasteiger partial charge on any atom is 0.306 e. The zero-order chi connectivity index (χ0) is 21.5. The van der Waals surface area contributed by atoms with Gasteiger partial charge in [-0.05, 0) is 59.7 Å². The van der Waals surface area contributed by atoms with E-state index in [-0.39, 0.29) is 11.8 Å². The Morgan fingerprint density at radius 3 is 2.65 bits per heavy atom. The second-order valence-corrected chi connectivity index (χ2v) is 8.90. The third-order valence-electron chi connectivity index (χ3n) is 6.25. The SMILES string of the molecule is Nc1c(Br)c(C2CCC(C(=O)O)CC2)nc2c(-c3ccc(C4=CCC=C4)nc3)cnn12. The number of rotatable bonds is 4. The molecule has 158 valence electrons. The molecule has 0 atom stereocenters. The average molecular weight is 480 g/mol. The van der Waals surface area contributed by atoms with Crippen LogP contribution >= 0.6 is 15.9 Å². The fourth-order valence-corrected chi connectivity index (χ4v) is 5.05. The maximum atomic E-state index is 11.3. The molecule has 3 aromatic heterocycles. The van der Waals surface area contributed by atoms with Gasteiger partial charge in [0.1, 0.15) is 5.82 Å². The van der Waals surface area contributed by atoms with Gasteiger partial charge in [0.2, 0.25) is 0 Å². The Kier molecular flexibility index (Phi) is 5.09. The molecule has 2 aliphatic carbocycles. The Bertz CT molecular complexity index is 1220. The van der Waals surface area contributed by atoms with Gasteiger partial charge in [0.05, 0.1) is 28.0 Å². The molecule has 0 aliphatic heterocycles. The second kappa shape index (κ2) is 7.92. The minimum atomic E-state index is -0.710. The summed E-state index contributed by atoms with van der Waals surface area (Å²) in [4.78, 5) is 20.9. The number of nitrogens with zero attached hydrogens (tertiary/aromatic N) is 4. The predicted octanol–water partition coefficient (Wildman–Crippen LogP) is 4.84. The molecule has 0 unspecified atom stereocenters. The van der Waals surface area contributed by atoms with Crippen molar-refractivity contribution in [1.82, 2.24) is 19.6 Å². The fourth-order valence-electron chi connectivity index (χ4n) is 4.47. The van der Waals surface area contributed by atoms with Crippen molar-refractivity contribution in [3.63, 3.8) is 0 Å². The van der Waals surface area contributed by atoms with Crippen molar-refractivity contribution >= 4 is 38.9 Å². The van der Waals surface area contributed by atoms with Gasteiger partial charge in [-0.25, -0.2) is 4.98 Å². The molecule has 31 heavy (non-hydrogen) atoms. The molecule has 3 N–H and O–H groups in total. The van der Waals surface area contributed by atoms with Crippen LogP contribution in [0.4, 0.5) is 5.82 Å². The highest BCUT2D eigenvalue weighted by molar-refractivity contribution is 9.10. The largest absolute Gasteiger partial charge is 0.481 e. The normalized spacial score (nSPS) is 20.9. The molecule has 3 aromatic rings. The van der Waals surface area contributed by atoms with Crippen molar-refractivity contribution in [2.45, 2.75) is 38.0 Å². The minimum absolute atomic E-state index is 0.168. The van der Waals surface area contributed by atoms with Crippen molar-refractivity contribution in [1.29, 1.82) is 0 Å². The van der Waals surface area contributed by atoms with Gasteiger partial charge in [-0.3, -0.25) is 9.78 Å². The van der Waals surface area contributed by atoms with Gasteiger partial charge in [0, 0.05) is 23.2 Å². The lowest BCUT2D eigenvalue weighted by atomic mass is 9.80.